The van der Waals surface area contributed by atoms with Gasteiger partial charge in [0.05, 0.1) is 6.54 Å². The highest BCUT2D eigenvalue weighted by molar-refractivity contribution is 5.69. The number of benzene rings is 1. The molecular formula is C22H34N4O10. The number of esters is 4. The van der Waals surface area contributed by atoms with E-state index >= 15 is 0 Å². The summed E-state index contributed by atoms with van der Waals surface area (Å²) in [6.45, 7) is 3.85. The number of rotatable bonds is 13. The van der Waals surface area contributed by atoms with Crippen molar-refractivity contribution in [3.63, 3.8) is 0 Å². The van der Waals surface area contributed by atoms with Crippen LogP contribution in [0.5, 0.6) is 5.75 Å². The number of hydrogen-bond acceptors (Lipinski definition) is 14. The first-order valence-corrected chi connectivity index (χ1v) is 10.7. The van der Waals surface area contributed by atoms with E-state index in [1.54, 1.807) is 24.3 Å². The maximum atomic E-state index is 12.1. The van der Waals surface area contributed by atoms with Crippen molar-refractivity contribution < 1.29 is 47.6 Å². The molecular weight excluding hydrogens is 480 g/mol. The fourth-order valence-electron chi connectivity index (χ4n) is 2.95. The number of carbonyl (C=O) groups excluding carboxylic acids is 4. The highest BCUT2D eigenvalue weighted by Gasteiger charge is 2.61. The second-order valence-electron chi connectivity index (χ2n) is 7.99. The van der Waals surface area contributed by atoms with Gasteiger partial charge in [0.25, 0.3) is 5.91 Å². The molecule has 0 saturated heterocycles. The molecule has 14 heteroatoms. The molecule has 4 unspecified atom stereocenters. The van der Waals surface area contributed by atoms with E-state index in [9.17, 15) is 19.2 Å². The second-order valence-corrected chi connectivity index (χ2v) is 7.99. The lowest BCUT2D eigenvalue weighted by atomic mass is 9.94. The molecule has 0 heterocycles. The second kappa shape index (κ2) is 12.6. The summed E-state index contributed by atoms with van der Waals surface area (Å²) >= 11 is 0. The Morgan fingerprint density at radius 3 is 1.86 bits per heavy atom. The van der Waals surface area contributed by atoms with Crippen molar-refractivity contribution >= 4 is 23.9 Å². The maximum absolute atomic E-state index is 12.1. The third-order valence-electron chi connectivity index (χ3n) is 4.64. The summed E-state index contributed by atoms with van der Waals surface area (Å²) in [6.07, 6.45) is -1.76. The van der Waals surface area contributed by atoms with Gasteiger partial charge in [-0.15, -0.1) is 0 Å². The average molecular weight is 515 g/mol. The fourth-order valence-corrected chi connectivity index (χ4v) is 2.95. The van der Waals surface area contributed by atoms with Crippen LogP contribution in [0.1, 0.15) is 33.3 Å². The van der Waals surface area contributed by atoms with Crippen LogP contribution in [0.3, 0.4) is 0 Å². The fraction of sp³-hybridized carbons (Fsp3) is 0.545. The van der Waals surface area contributed by atoms with Crippen molar-refractivity contribution in [2.75, 3.05) is 19.8 Å². The molecule has 0 radical (unpaired) electrons. The Bertz CT molecular complexity index is 943. The van der Waals surface area contributed by atoms with E-state index in [4.69, 9.17) is 51.4 Å². The Morgan fingerprint density at radius 1 is 0.861 bits per heavy atom. The zero-order valence-corrected chi connectivity index (χ0v) is 20.9. The topological polar surface area (TPSA) is 228 Å². The summed E-state index contributed by atoms with van der Waals surface area (Å²) in [5, 5.41) is 0. The molecule has 0 aliphatic heterocycles. The predicted octanol–water partition coefficient (Wildman–Crippen LogP) is -1.11. The maximum Gasteiger partial charge on any atom is 0.304 e. The molecule has 0 saturated carbocycles. The van der Waals surface area contributed by atoms with Gasteiger partial charge in [-0.3, -0.25) is 41.1 Å². The summed E-state index contributed by atoms with van der Waals surface area (Å²) in [5.41, 5.74) is 20.6. The molecule has 4 atom stereocenters. The summed E-state index contributed by atoms with van der Waals surface area (Å²) in [6, 6.07) is 6.60. The summed E-state index contributed by atoms with van der Waals surface area (Å²) < 4.78 is 31.8. The van der Waals surface area contributed by atoms with Crippen molar-refractivity contribution in [3.05, 3.63) is 29.8 Å². The van der Waals surface area contributed by atoms with Crippen molar-refractivity contribution in [2.24, 2.45) is 22.9 Å². The van der Waals surface area contributed by atoms with Crippen molar-refractivity contribution in [3.8, 4) is 5.75 Å². The van der Waals surface area contributed by atoms with Crippen molar-refractivity contribution in [1.29, 1.82) is 0 Å². The quantitative estimate of drug-likeness (QED) is 0.139. The van der Waals surface area contributed by atoms with Gasteiger partial charge >= 0.3 is 23.9 Å². The van der Waals surface area contributed by atoms with Crippen LogP contribution in [-0.4, -0.2) is 67.1 Å². The van der Waals surface area contributed by atoms with Crippen LogP contribution in [-0.2, 0) is 42.9 Å². The number of ether oxygens (including phenoxy) is 6. The van der Waals surface area contributed by atoms with Crippen LogP contribution in [0.4, 0.5) is 0 Å². The highest BCUT2D eigenvalue weighted by Crippen LogP contribution is 2.32. The SMILES string of the molecule is CC(=O)OCC(OC(C)=O)C(N)(OC(C)=O)C(N)(COC(C)=O)OC(N)(CN)Oc1ccc(C)cc1. The predicted molar refractivity (Wildman–Crippen MR) is 123 cm³/mol. The van der Waals surface area contributed by atoms with Gasteiger partial charge in [0.2, 0.25) is 11.4 Å². The molecule has 36 heavy (non-hydrogen) atoms. The highest BCUT2D eigenvalue weighted by atomic mass is 16.8. The van der Waals surface area contributed by atoms with Crippen LogP contribution in [0.2, 0.25) is 0 Å². The third-order valence-corrected chi connectivity index (χ3v) is 4.64. The monoisotopic (exact) mass is 514 g/mol. The Balaban J connectivity index is 3.62. The lowest BCUT2D eigenvalue weighted by Crippen LogP contribution is -2.80. The summed E-state index contributed by atoms with van der Waals surface area (Å²) in [4.78, 5) is 47.0. The molecule has 0 aliphatic rings. The van der Waals surface area contributed by atoms with Gasteiger partial charge in [0, 0.05) is 27.7 Å². The third kappa shape index (κ3) is 8.73. The largest absolute Gasteiger partial charge is 0.462 e. The van der Waals surface area contributed by atoms with E-state index < -0.39 is 67.1 Å². The standard InChI is InChI=1S/C22H34N4O10/c1-13-6-8-18(9-7-13)35-21(25,11-23)36-20(24,12-32-15(3)28)22(26,34-17(5)30)19(33-16(4)29)10-31-14(2)27/h6-9,19H,10-12,23-26H2,1-5H3. The molecule has 0 amide bonds. The van der Waals surface area contributed by atoms with Crippen LogP contribution < -0.4 is 27.7 Å². The Morgan fingerprint density at radius 2 is 1.42 bits per heavy atom. The van der Waals surface area contributed by atoms with Gasteiger partial charge in [-0.25, -0.2) is 0 Å². The molecule has 1 rings (SSSR count). The lowest BCUT2D eigenvalue weighted by molar-refractivity contribution is -0.321. The summed E-state index contributed by atoms with van der Waals surface area (Å²) in [5.74, 6) is -5.53. The minimum atomic E-state index is -2.66. The lowest BCUT2D eigenvalue weighted by Gasteiger charge is -2.48. The Labute approximate surface area is 208 Å². The molecule has 0 aliphatic carbocycles. The molecule has 1 aromatic rings. The number of nitrogens with two attached hydrogens (primary N) is 4. The van der Waals surface area contributed by atoms with Gasteiger partial charge in [-0.2, -0.15) is 0 Å². The van der Waals surface area contributed by atoms with Gasteiger partial charge < -0.3 is 29.4 Å². The zero-order chi connectivity index (χ0) is 27.7. The zero-order valence-electron chi connectivity index (χ0n) is 20.9. The summed E-state index contributed by atoms with van der Waals surface area (Å²) in [7, 11) is 0. The molecule has 0 fully saturated rings. The first-order valence-electron chi connectivity index (χ1n) is 10.7. The van der Waals surface area contributed by atoms with Gasteiger partial charge in [-0.1, -0.05) is 17.7 Å². The molecule has 0 aromatic heterocycles. The van der Waals surface area contributed by atoms with E-state index in [0.29, 0.717) is 0 Å². The number of carbonyl (C=O) groups is 4. The molecule has 14 nitrogen and oxygen atoms in total. The molecule has 0 bridgehead atoms. The smallest absolute Gasteiger partial charge is 0.304 e. The number of hydrogen-bond donors (Lipinski definition) is 4. The molecule has 202 valence electrons. The van der Waals surface area contributed by atoms with Crippen LogP contribution in [0.15, 0.2) is 24.3 Å². The van der Waals surface area contributed by atoms with E-state index in [1.807, 2.05) is 6.92 Å². The molecule has 0 spiro atoms. The number of aryl methyl sites for hydroxylation is 1. The van der Waals surface area contributed by atoms with Crippen LogP contribution in [0, 0.1) is 6.92 Å². The van der Waals surface area contributed by atoms with Crippen LogP contribution >= 0.6 is 0 Å². The first kappa shape index (κ1) is 30.7. The average Bonchev–Trinajstić information content (AvgIpc) is 2.75. The van der Waals surface area contributed by atoms with E-state index in [0.717, 1.165) is 33.3 Å². The van der Waals surface area contributed by atoms with E-state index in [1.165, 1.54) is 0 Å². The van der Waals surface area contributed by atoms with Gasteiger partial charge in [-0.05, 0) is 19.1 Å². The molecule has 1 aromatic carbocycles. The molecule has 8 N–H and O–H groups in total. The first-order chi connectivity index (χ1) is 16.6. The van der Waals surface area contributed by atoms with Crippen molar-refractivity contribution in [1.82, 2.24) is 0 Å². The van der Waals surface area contributed by atoms with Gasteiger partial charge in [0.1, 0.15) is 19.0 Å². The van der Waals surface area contributed by atoms with E-state index in [2.05, 4.69) is 0 Å². The van der Waals surface area contributed by atoms with Gasteiger partial charge in [0.15, 0.2) is 6.10 Å². The minimum Gasteiger partial charge on any atom is -0.462 e. The normalized spacial score (nSPS) is 16.8. The van der Waals surface area contributed by atoms with Crippen molar-refractivity contribution in [2.45, 2.75) is 58.1 Å². The van der Waals surface area contributed by atoms with Crippen LogP contribution in [0.25, 0.3) is 0 Å². The Hall–Kier alpha value is -3.30. The van der Waals surface area contributed by atoms with E-state index in [-0.39, 0.29) is 5.75 Å². The minimum absolute atomic E-state index is 0.218. The Kier molecular flexibility index (Phi) is 10.8.